The normalized spacial score (nSPS) is 28.6. The fourth-order valence-electron chi connectivity index (χ4n) is 11.5. The van der Waals surface area contributed by atoms with Crippen LogP contribution in [-0.2, 0) is 9.71 Å². The molecule has 8 rings (SSSR count). The van der Waals surface area contributed by atoms with Crippen LogP contribution in [0.15, 0.2) is 94.2 Å². The zero-order valence-corrected chi connectivity index (χ0v) is 32.8. The Morgan fingerprint density at radius 1 is 0.708 bits per heavy atom. The van der Waals surface area contributed by atoms with Crippen molar-refractivity contribution in [2.45, 2.75) is 123 Å². The lowest BCUT2D eigenvalue weighted by Crippen LogP contribution is -2.53. The monoisotopic (exact) mass is 676 g/mol. The lowest BCUT2D eigenvalue weighted by molar-refractivity contribution is -0.0497. The van der Waals surface area contributed by atoms with E-state index in [-0.39, 0.29) is 5.41 Å². The molecule has 0 radical (unpaired) electrons. The maximum atomic E-state index is 8.19. The molecule has 0 saturated heterocycles. The highest BCUT2D eigenvalue weighted by Gasteiger charge is 2.60. The van der Waals surface area contributed by atoms with E-state index in [1.54, 1.807) is 0 Å². The van der Waals surface area contributed by atoms with Gasteiger partial charge < -0.3 is 4.43 Å². The summed E-state index contributed by atoms with van der Waals surface area (Å²) in [4.78, 5) is 0. The number of nitrogens with zero attached hydrogens (tertiary/aromatic N) is 2. The van der Waals surface area contributed by atoms with Crippen LogP contribution in [0, 0.1) is 43.9 Å². The summed E-state index contributed by atoms with van der Waals surface area (Å²) < 4.78 is 8.19. The molecule has 3 nitrogen and oxygen atoms in total. The van der Waals surface area contributed by atoms with Gasteiger partial charge in [-0.1, -0.05) is 120 Å². The third-order valence-electron chi connectivity index (χ3n) is 12.7. The Labute approximate surface area is 293 Å². The predicted molar refractivity (Wildman–Crippen MR) is 205 cm³/mol. The predicted octanol–water partition coefficient (Wildman–Crippen LogP) is 12.7. The Morgan fingerprint density at radius 3 is 1.56 bits per heavy atom. The van der Waals surface area contributed by atoms with Gasteiger partial charge in [-0.2, -0.15) is 10.2 Å². The van der Waals surface area contributed by atoms with E-state index < -0.39 is 21.5 Å². The summed E-state index contributed by atoms with van der Waals surface area (Å²) in [5.74, 6) is 3.71. The van der Waals surface area contributed by atoms with Crippen molar-refractivity contribution >= 4 is 21.5 Å². The van der Waals surface area contributed by atoms with Gasteiger partial charge in [-0.25, -0.2) is 0 Å². The summed E-state index contributed by atoms with van der Waals surface area (Å²) in [5.41, 5.74) is 9.18. The van der Waals surface area contributed by atoms with Crippen molar-refractivity contribution in [1.29, 1.82) is 0 Å². The molecular formula is C43H57N2OPSi. The molecular weight excluding hydrogens is 620 g/mol. The highest BCUT2D eigenvalue weighted by molar-refractivity contribution is 7.71. The van der Waals surface area contributed by atoms with Crippen molar-refractivity contribution in [2.24, 2.45) is 33.4 Å². The number of hydrogen-bond acceptors (Lipinski definition) is 3. The van der Waals surface area contributed by atoms with Crippen LogP contribution in [0.3, 0.4) is 0 Å². The number of benzene rings is 3. The SMILES string of the molecule is Cc1cc(C)c(P2/C(=C(/O[Si](C(C)C)(C(C)C)C(C)C)C34CC5CC(CC(C5)C3)C4)N=NC2(c2ccccc2)c2ccccc2)c(C)c1. The molecule has 0 amide bonds. The minimum atomic E-state index is -2.33. The first-order chi connectivity index (χ1) is 22.9. The molecule has 1 atom stereocenters. The second-order valence-corrected chi connectivity index (χ2v) is 24.5. The van der Waals surface area contributed by atoms with Crippen LogP contribution in [0.25, 0.3) is 0 Å². The molecule has 3 aromatic rings. The average Bonchev–Trinajstić information content (AvgIpc) is 3.41. The van der Waals surface area contributed by atoms with E-state index in [1.807, 2.05) is 0 Å². The molecule has 4 aliphatic carbocycles. The molecule has 0 aromatic heterocycles. The molecule has 4 fully saturated rings. The topological polar surface area (TPSA) is 34.0 Å². The van der Waals surface area contributed by atoms with Crippen LogP contribution in [0.2, 0.25) is 16.6 Å². The fourth-order valence-corrected chi connectivity index (χ4v) is 20.2. The maximum Gasteiger partial charge on any atom is 0.258 e. The molecule has 4 saturated carbocycles. The minimum Gasteiger partial charge on any atom is -0.544 e. The van der Waals surface area contributed by atoms with Gasteiger partial charge in [0, 0.05) is 13.3 Å². The standard InChI is InChI=1S/C43H57N2OPSi/c1-28(2)48(29(3)4,30(5)6)46-40(42-25-34-22-35(26-42)24-36(23-34)27-42)41-44-45-43(37-16-12-10-13-17-37,38-18-14-11-15-19-38)47(41)39-32(8)20-31(7)21-33(39)9/h10-21,28-30,34-36H,22-27H2,1-9H3/b41-40+. The van der Waals surface area contributed by atoms with Crippen LogP contribution in [0.1, 0.15) is 108 Å². The van der Waals surface area contributed by atoms with Gasteiger partial charge in [0.1, 0.15) is 11.2 Å². The Bertz CT molecular complexity index is 1590. The molecule has 254 valence electrons. The smallest absolute Gasteiger partial charge is 0.258 e. The van der Waals surface area contributed by atoms with Gasteiger partial charge in [0.25, 0.3) is 8.32 Å². The van der Waals surface area contributed by atoms with E-state index in [0.717, 1.165) is 17.8 Å². The highest BCUT2D eigenvalue weighted by atomic mass is 31.1. The molecule has 0 N–H and O–H groups in total. The summed E-state index contributed by atoms with van der Waals surface area (Å²) in [6.45, 7) is 21.6. The zero-order chi connectivity index (χ0) is 34.0. The summed E-state index contributed by atoms with van der Waals surface area (Å²) in [6, 6.07) is 27.0. The molecule has 4 bridgehead atoms. The Kier molecular flexibility index (Phi) is 8.94. The second kappa shape index (κ2) is 12.6. The van der Waals surface area contributed by atoms with Crippen LogP contribution in [0.5, 0.6) is 0 Å². The van der Waals surface area contributed by atoms with Crippen LogP contribution >= 0.6 is 7.92 Å². The number of hydrogen-bond donors (Lipinski definition) is 0. The van der Waals surface area contributed by atoms with Crippen molar-refractivity contribution in [2.75, 3.05) is 0 Å². The Morgan fingerprint density at radius 2 is 1.15 bits per heavy atom. The summed E-state index contributed by atoms with van der Waals surface area (Å²) >= 11 is 0. The van der Waals surface area contributed by atoms with Gasteiger partial charge in [-0.3, -0.25) is 0 Å². The van der Waals surface area contributed by atoms with Gasteiger partial charge in [0.2, 0.25) is 0 Å². The summed E-state index contributed by atoms with van der Waals surface area (Å²) in [7, 11) is -3.45. The van der Waals surface area contributed by atoms with Crippen molar-refractivity contribution < 1.29 is 4.43 Å². The van der Waals surface area contributed by atoms with Gasteiger partial charge >= 0.3 is 0 Å². The number of azo groups is 1. The number of allylic oxidation sites excluding steroid dienone is 1. The van der Waals surface area contributed by atoms with Crippen molar-refractivity contribution in [1.82, 2.24) is 0 Å². The first-order valence-corrected chi connectivity index (χ1v) is 22.2. The quantitative estimate of drug-likeness (QED) is 0.126. The lowest BCUT2D eigenvalue weighted by Gasteiger charge is -2.59. The lowest BCUT2D eigenvalue weighted by atomic mass is 9.49. The first-order valence-electron chi connectivity index (χ1n) is 18.8. The first kappa shape index (κ1) is 33.9. The van der Waals surface area contributed by atoms with Crippen molar-refractivity contribution in [3.63, 3.8) is 0 Å². The van der Waals surface area contributed by atoms with Crippen LogP contribution < -0.4 is 5.30 Å². The zero-order valence-electron chi connectivity index (χ0n) is 30.9. The summed E-state index contributed by atoms with van der Waals surface area (Å²) in [5, 5.41) is 11.9. The highest BCUT2D eigenvalue weighted by Crippen LogP contribution is 2.73. The fraction of sp³-hybridized carbons (Fsp3) is 0.535. The van der Waals surface area contributed by atoms with E-state index in [1.165, 1.54) is 82.8 Å². The minimum absolute atomic E-state index is 0.0522. The maximum absolute atomic E-state index is 8.19. The van der Waals surface area contributed by atoms with Crippen molar-refractivity contribution in [3.8, 4) is 0 Å². The third-order valence-corrected chi connectivity index (χ3v) is 21.8. The Hall–Kier alpha value is -2.55. The van der Waals surface area contributed by atoms with Gasteiger partial charge in [-0.15, -0.1) is 0 Å². The Balaban J connectivity index is 1.59. The molecule has 1 aliphatic heterocycles. The summed E-state index contributed by atoms with van der Waals surface area (Å²) in [6.07, 6.45) is 7.99. The van der Waals surface area contributed by atoms with Gasteiger partial charge in [0.15, 0.2) is 5.28 Å². The average molecular weight is 677 g/mol. The second-order valence-electron chi connectivity index (χ2n) is 17.0. The van der Waals surface area contributed by atoms with E-state index in [0.29, 0.717) is 16.6 Å². The molecule has 5 heteroatoms. The molecule has 3 aromatic carbocycles. The van der Waals surface area contributed by atoms with Gasteiger partial charge in [0.05, 0.1) is 0 Å². The molecule has 48 heavy (non-hydrogen) atoms. The molecule has 1 heterocycles. The van der Waals surface area contributed by atoms with Gasteiger partial charge in [-0.05, 0) is 121 Å². The molecule has 0 spiro atoms. The largest absolute Gasteiger partial charge is 0.544 e. The van der Waals surface area contributed by atoms with E-state index in [9.17, 15) is 0 Å². The van der Waals surface area contributed by atoms with E-state index in [4.69, 9.17) is 14.7 Å². The molecule has 1 unspecified atom stereocenters. The van der Waals surface area contributed by atoms with Crippen LogP contribution in [-0.4, -0.2) is 8.32 Å². The number of aryl methyl sites for hydroxylation is 3. The third kappa shape index (κ3) is 5.31. The van der Waals surface area contributed by atoms with Crippen molar-refractivity contribution in [3.05, 3.63) is 112 Å². The van der Waals surface area contributed by atoms with E-state index in [2.05, 4.69) is 135 Å². The number of rotatable bonds is 9. The van der Waals surface area contributed by atoms with Crippen LogP contribution in [0.4, 0.5) is 0 Å². The molecule has 5 aliphatic rings. The van der Waals surface area contributed by atoms with E-state index >= 15 is 0 Å².